The van der Waals surface area contributed by atoms with Crippen LogP contribution in [-0.2, 0) is 6.42 Å². The molecule has 0 aliphatic heterocycles. The number of halogens is 1. The van der Waals surface area contributed by atoms with E-state index in [1.807, 2.05) is 5.38 Å². The number of hydrogen-bond acceptors (Lipinski definition) is 2. The highest BCUT2D eigenvalue weighted by molar-refractivity contribution is 7.10. The molecule has 1 nitrogen and oxygen atoms in total. The lowest BCUT2D eigenvalue weighted by Gasteiger charge is -2.01. The highest BCUT2D eigenvalue weighted by atomic mass is 32.1. The van der Waals surface area contributed by atoms with Crippen molar-refractivity contribution >= 4 is 17.6 Å². The minimum absolute atomic E-state index is 0.220. The summed E-state index contributed by atoms with van der Waals surface area (Å²) in [5.74, 6) is -0.220. The molecular weight excluding hydrogens is 211 g/mol. The second-order valence-electron chi connectivity index (χ2n) is 3.19. The predicted octanol–water partition coefficient (Wildman–Crippen LogP) is 3.29. The smallest absolute Gasteiger partial charge is 0.151 e. The second kappa shape index (κ2) is 4.36. The van der Waals surface area contributed by atoms with Crippen molar-refractivity contribution in [3.8, 4) is 0 Å². The van der Waals surface area contributed by atoms with Gasteiger partial charge in [0, 0.05) is 16.9 Å². The van der Waals surface area contributed by atoms with Gasteiger partial charge in [0.2, 0.25) is 0 Å². The van der Waals surface area contributed by atoms with Gasteiger partial charge in [0.1, 0.15) is 5.82 Å². The Bertz CT molecular complexity index is 476. The van der Waals surface area contributed by atoms with Crippen molar-refractivity contribution in [3.63, 3.8) is 0 Å². The lowest BCUT2D eigenvalue weighted by atomic mass is 10.1. The van der Waals surface area contributed by atoms with E-state index in [4.69, 9.17) is 0 Å². The summed E-state index contributed by atoms with van der Waals surface area (Å²) >= 11 is 1.48. The molecule has 76 valence electrons. The van der Waals surface area contributed by atoms with Gasteiger partial charge in [-0.25, -0.2) is 4.39 Å². The first-order chi connectivity index (χ1) is 7.31. The normalized spacial score (nSPS) is 10.2. The number of aldehydes is 1. The highest BCUT2D eigenvalue weighted by Crippen LogP contribution is 2.20. The second-order valence-corrected chi connectivity index (χ2v) is 4.19. The minimum Gasteiger partial charge on any atom is -0.298 e. The van der Waals surface area contributed by atoms with E-state index in [0.717, 1.165) is 11.2 Å². The van der Waals surface area contributed by atoms with Gasteiger partial charge in [-0.15, -0.1) is 11.3 Å². The van der Waals surface area contributed by atoms with Crippen molar-refractivity contribution < 1.29 is 9.18 Å². The van der Waals surface area contributed by atoms with Gasteiger partial charge in [0.25, 0.3) is 0 Å². The van der Waals surface area contributed by atoms with Crippen molar-refractivity contribution in [2.75, 3.05) is 0 Å². The number of carbonyl (C=O) groups is 1. The lowest BCUT2D eigenvalue weighted by Crippen LogP contribution is -1.92. The molecular formula is C12H9FOS. The van der Waals surface area contributed by atoms with Crippen molar-refractivity contribution in [1.29, 1.82) is 0 Å². The number of benzene rings is 1. The third-order valence-electron chi connectivity index (χ3n) is 2.22. The van der Waals surface area contributed by atoms with Gasteiger partial charge in [-0.05, 0) is 23.1 Å². The van der Waals surface area contributed by atoms with E-state index in [2.05, 4.69) is 0 Å². The summed E-state index contributed by atoms with van der Waals surface area (Å²) in [4.78, 5) is 11.6. The summed E-state index contributed by atoms with van der Waals surface area (Å²) in [6, 6.07) is 8.39. The first-order valence-corrected chi connectivity index (χ1v) is 5.44. The molecule has 0 unspecified atom stereocenters. The van der Waals surface area contributed by atoms with Crippen LogP contribution < -0.4 is 0 Å². The molecule has 2 rings (SSSR count). The van der Waals surface area contributed by atoms with E-state index in [1.165, 1.54) is 17.4 Å². The zero-order valence-electron chi connectivity index (χ0n) is 7.94. The van der Waals surface area contributed by atoms with Gasteiger partial charge in [-0.2, -0.15) is 0 Å². The molecule has 0 fully saturated rings. The van der Waals surface area contributed by atoms with E-state index < -0.39 is 0 Å². The summed E-state index contributed by atoms with van der Waals surface area (Å²) in [6.45, 7) is 0. The quantitative estimate of drug-likeness (QED) is 0.725. The number of thiophene rings is 1. The van der Waals surface area contributed by atoms with Crippen LogP contribution in [0.25, 0.3) is 0 Å². The van der Waals surface area contributed by atoms with Crippen LogP contribution in [0, 0.1) is 5.82 Å². The monoisotopic (exact) mass is 220 g/mol. The molecule has 15 heavy (non-hydrogen) atoms. The van der Waals surface area contributed by atoms with Crippen LogP contribution in [0.3, 0.4) is 0 Å². The zero-order chi connectivity index (χ0) is 10.7. The van der Waals surface area contributed by atoms with Crippen molar-refractivity contribution in [2.24, 2.45) is 0 Å². The van der Waals surface area contributed by atoms with Crippen LogP contribution >= 0.6 is 11.3 Å². The molecule has 1 heterocycles. The molecule has 0 aliphatic carbocycles. The van der Waals surface area contributed by atoms with Crippen LogP contribution in [0.4, 0.5) is 4.39 Å². The van der Waals surface area contributed by atoms with E-state index in [1.54, 1.807) is 24.3 Å². The number of hydrogen-bond donors (Lipinski definition) is 0. The Balaban J connectivity index is 2.29. The van der Waals surface area contributed by atoms with Gasteiger partial charge in [-0.3, -0.25) is 4.79 Å². The molecule has 0 spiro atoms. The average Bonchev–Trinajstić information content (AvgIpc) is 2.69. The predicted molar refractivity (Wildman–Crippen MR) is 58.9 cm³/mol. The van der Waals surface area contributed by atoms with Gasteiger partial charge in [-0.1, -0.05) is 18.2 Å². The summed E-state index contributed by atoms with van der Waals surface area (Å²) in [5.41, 5.74) is 1.28. The molecule has 0 N–H and O–H groups in total. The maximum Gasteiger partial charge on any atom is 0.151 e. The van der Waals surface area contributed by atoms with Crippen LogP contribution in [0.2, 0.25) is 0 Å². The molecule has 0 amide bonds. The minimum atomic E-state index is -0.220. The summed E-state index contributed by atoms with van der Waals surface area (Å²) in [5, 5.41) is 1.85. The fourth-order valence-electron chi connectivity index (χ4n) is 1.41. The largest absolute Gasteiger partial charge is 0.298 e. The van der Waals surface area contributed by atoms with Gasteiger partial charge in [0.05, 0.1) is 0 Å². The van der Waals surface area contributed by atoms with Gasteiger partial charge in [0.15, 0.2) is 6.29 Å². The first-order valence-electron chi connectivity index (χ1n) is 4.56. The Hall–Kier alpha value is -1.48. The Morgan fingerprint density at radius 3 is 2.80 bits per heavy atom. The highest BCUT2D eigenvalue weighted by Gasteiger charge is 2.07. The Morgan fingerprint density at radius 2 is 2.07 bits per heavy atom. The van der Waals surface area contributed by atoms with E-state index in [9.17, 15) is 9.18 Å². The van der Waals surface area contributed by atoms with E-state index in [-0.39, 0.29) is 5.82 Å². The molecule has 3 heteroatoms. The van der Waals surface area contributed by atoms with E-state index in [0.29, 0.717) is 17.5 Å². The first kappa shape index (κ1) is 10.1. The molecule has 1 aromatic carbocycles. The molecule has 1 aromatic heterocycles. The van der Waals surface area contributed by atoms with Crippen LogP contribution in [0.5, 0.6) is 0 Å². The topological polar surface area (TPSA) is 17.1 Å². The molecule has 0 radical (unpaired) electrons. The Morgan fingerprint density at radius 1 is 1.27 bits per heavy atom. The number of rotatable bonds is 3. The van der Waals surface area contributed by atoms with Crippen LogP contribution in [0.15, 0.2) is 35.7 Å². The number of carbonyl (C=O) groups excluding carboxylic acids is 1. The summed E-state index contributed by atoms with van der Waals surface area (Å²) in [6.07, 6.45) is 1.30. The SMILES string of the molecule is O=Cc1ccsc1Cc1ccccc1F. The molecule has 2 aromatic rings. The third kappa shape index (κ3) is 2.13. The average molecular weight is 220 g/mol. The maximum absolute atomic E-state index is 13.3. The van der Waals surface area contributed by atoms with Crippen molar-refractivity contribution in [2.45, 2.75) is 6.42 Å². The van der Waals surface area contributed by atoms with E-state index >= 15 is 0 Å². The fraction of sp³-hybridized carbons (Fsp3) is 0.0833. The lowest BCUT2D eigenvalue weighted by molar-refractivity contribution is 0.112. The van der Waals surface area contributed by atoms with Crippen molar-refractivity contribution in [1.82, 2.24) is 0 Å². The Kier molecular flexibility index (Phi) is 2.92. The fourth-order valence-corrected chi connectivity index (χ4v) is 2.28. The summed E-state index contributed by atoms with van der Waals surface area (Å²) in [7, 11) is 0. The van der Waals surface area contributed by atoms with Gasteiger partial charge >= 0.3 is 0 Å². The molecule has 0 atom stereocenters. The molecule has 0 saturated heterocycles. The van der Waals surface area contributed by atoms with Crippen LogP contribution in [-0.4, -0.2) is 6.29 Å². The van der Waals surface area contributed by atoms with Crippen LogP contribution in [0.1, 0.15) is 20.8 Å². The summed E-state index contributed by atoms with van der Waals surface area (Å²) < 4.78 is 13.3. The van der Waals surface area contributed by atoms with Gasteiger partial charge < -0.3 is 0 Å². The molecule has 0 bridgehead atoms. The molecule has 0 aliphatic rings. The third-order valence-corrected chi connectivity index (χ3v) is 3.15. The maximum atomic E-state index is 13.3. The Labute approximate surface area is 91.2 Å². The molecule has 0 saturated carbocycles. The van der Waals surface area contributed by atoms with Crippen molar-refractivity contribution in [3.05, 3.63) is 57.5 Å². The standard InChI is InChI=1S/C12H9FOS/c13-11-4-2-1-3-9(11)7-12-10(8-14)5-6-15-12/h1-6,8H,7H2. The zero-order valence-corrected chi connectivity index (χ0v) is 8.76.